The van der Waals surface area contributed by atoms with Gasteiger partial charge in [0, 0.05) is 11.4 Å². The fraction of sp³-hybridized carbons (Fsp3) is 0.316. The van der Waals surface area contributed by atoms with Crippen LogP contribution in [0.3, 0.4) is 0 Å². The van der Waals surface area contributed by atoms with E-state index < -0.39 is 15.9 Å². The molecular weight excluding hydrogens is 352 g/mol. The molecule has 0 aromatic heterocycles. The van der Waals surface area contributed by atoms with Crippen LogP contribution in [0.4, 0.5) is 11.4 Å². The molecule has 1 atom stereocenters. The Morgan fingerprint density at radius 2 is 1.62 bits per heavy atom. The van der Waals surface area contributed by atoms with E-state index >= 15 is 0 Å². The van der Waals surface area contributed by atoms with Crippen molar-refractivity contribution < 1.29 is 17.9 Å². The number of amides is 1. The van der Waals surface area contributed by atoms with Crippen molar-refractivity contribution in [3.63, 3.8) is 0 Å². The van der Waals surface area contributed by atoms with Crippen LogP contribution in [0.25, 0.3) is 0 Å². The van der Waals surface area contributed by atoms with Crippen molar-refractivity contribution >= 4 is 27.3 Å². The van der Waals surface area contributed by atoms with Gasteiger partial charge in [-0.3, -0.25) is 9.52 Å². The molecule has 26 heavy (non-hydrogen) atoms. The van der Waals surface area contributed by atoms with Crippen LogP contribution in [-0.4, -0.2) is 26.7 Å². The van der Waals surface area contributed by atoms with Gasteiger partial charge in [-0.1, -0.05) is 24.6 Å². The van der Waals surface area contributed by atoms with Crippen LogP contribution in [0.5, 0.6) is 5.75 Å². The van der Waals surface area contributed by atoms with Crippen molar-refractivity contribution in [3.8, 4) is 5.75 Å². The Morgan fingerprint density at radius 1 is 1.04 bits per heavy atom. The normalized spacial score (nSPS) is 12.3. The smallest absolute Gasteiger partial charge is 0.233 e. The van der Waals surface area contributed by atoms with Gasteiger partial charge in [0.1, 0.15) is 5.75 Å². The molecular formula is C19H24N2O4S. The lowest BCUT2D eigenvalue weighted by molar-refractivity contribution is -0.118. The number of rotatable bonds is 8. The van der Waals surface area contributed by atoms with Gasteiger partial charge in [0.25, 0.3) is 0 Å². The molecule has 1 unspecified atom stereocenters. The van der Waals surface area contributed by atoms with Crippen molar-refractivity contribution in [2.75, 3.05) is 22.4 Å². The zero-order valence-corrected chi connectivity index (χ0v) is 16.0. The molecule has 2 N–H and O–H groups in total. The predicted octanol–water partition coefficient (Wildman–Crippen LogP) is 3.41. The zero-order chi connectivity index (χ0) is 19.2. The van der Waals surface area contributed by atoms with Crippen LogP contribution in [-0.2, 0) is 14.8 Å². The van der Waals surface area contributed by atoms with Gasteiger partial charge in [-0.25, -0.2) is 8.42 Å². The Hall–Kier alpha value is -2.54. The number of carbonyl (C=O) groups excluding carboxylic acids is 1. The summed E-state index contributed by atoms with van der Waals surface area (Å²) < 4.78 is 32.4. The molecule has 0 aliphatic carbocycles. The fourth-order valence-corrected chi connectivity index (χ4v) is 3.70. The molecule has 6 nitrogen and oxygen atoms in total. The van der Waals surface area contributed by atoms with Crippen molar-refractivity contribution in [3.05, 3.63) is 54.1 Å². The quantitative estimate of drug-likeness (QED) is 0.739. The standard InChI is InChI=1S/C19H24N2O4S/c1-4-25-18-11-9-16(10-12-18)20-19(22)15(3)13-26(23,24)21-17-7-5-14(2)6-8-17/h5-12,15,21H,4,13H2,1-3H3,(H,20,22). The molecule has 2 aromatic carbocycles. The number of aryl methyl sites for hydroxylation is 1. The summed E-state index contributed by atoms with van der Waals surface area (Å²) in [5.74, 6) is -0.652. The maximum Gasteiger partial charge on any atom is 0.233 e. The molecule has 0 aliphatic rings. The van der Waals surface area contributed by atoms with E-state index in [0.29, 0.717) is 23.7 Å². The molecule has 0 saturated heterocycles. The first kappa shape index (κ1) is 19.8. The molecule has 0 heterocycles. The molecule has 0 saturated carbocycles. The van der Waals surface area contributed by atoms with E-state index in [4.69, 9.17) is 4.74 Å². The van der Waals surface area contributed by atoms with Crippen LogP contribution in [0.15, 0.2) is 48.5 Å². The third kappa shape index (κ3) is 6.07. The molecule has 0 radical (unpaired) electrons. The number of hydrogen-bond donors (Lipinski definition) is 2. The molecule has 0 fully saturated rings. The third-order valence-electron chi connectivity index (χ3n) is 3.67. The highest BCUT2D eigenvalue weighted by Crippen LogP contribution is 2.17. The second-order valence-corrected chi connectivity index (χ2v) is 7.86. The summed E-state index contributed by atoms with van der Waals surface area (Å²) in [7, 11) is -3.63. The molecule has 2 aromatic rings. The highest BCUT2D eigenvalue weighted by atomic mass is 32.2. The van der Waals surface area contributed by atoms with E-state index in [0.717, 1.165) is 5.56 Å². The number of hydrogen-bond acceptors (Lipinski definition) is 4. The molecule has 0 aliphatic heterocycles. The van der Waals surface area contributed by atoms with E-state index in [9.17, 15) is 13.2 Å². The van der Waals surface area contributed by atoms with Gasteiger partial charge in [-0.05, 0) is 50.2 Å². The number of nitrogens with one attached hydrogen (secondary N) is 2. The van der Waals surface area contributed by atoms with E-state index in [1.54, 1.807) is 43.3 Å². The van der Waals surface area contributed by atoms with Gasteiger partial charge in [-0.15, -0.1) is 0 Å². The maximum atomic E-state index is 12.3. The SMILES string of the molecule is CCOc1ccc(NC(=O)C(C)CS(=O)(=O)Nc2ccc(C)cc2)cc1. The lowest BCUT2D eigenvalue weighted by Gasteiger charge is -2.14. The highest BCUT2D eigenvalue weighted by Gasteiger charge is 2.21. The van der Waals surface area contributed by atoms with Crippen molar-refractivity contribution in [2.45, 2.75) is 20.8 Å². The number of sulfonamides is 1. The van der Waals surface area contributed by atoms with Gasteiger partial charge < -0.3 is 10.1 Å². The topological polar surface area (TPSA) is 84.5 Å². The van der Waals surface area contributed by atoms with Gasteiger partial charge >= 0.3 is 0 Å². The second kappa shape index (κ2) is 8.71. The van der Waals surface area contributed by atoms with E-state index in [-0.39, 0.29) is 11.7 Å². The largest absolute Gasteiger partial charge is 0.494 e. The summed E-state index contributed by atoms with van der Waals surface area (Å²) in [5.41, 5.74) is 2.11. The summed E-state index contributed by atoms with van der Waals surface area (Å²) in [5, 5.41) is 2.72. The van der Waals surface area contributed by atoms with Crippen molar-refractivity contribution in [1.29, 1.82) is 0 Å². The van der Waals surface area contributed by atoms with Gasteiger partial charge in [0.2, 0.25) is 15.9 Å². The number of anilines is 2. The van der Waals surface area contributed by atoms with E-state index in [1.165, 1.54) is 0 Å². The number of carbonyl (C=O) groups is 1. The Balaban J connectivity index is 1.93. The Labute approximate surface area is 154 Å². The summed E-state index contributed by atoms with van der Waals surface area (Å²) >= 11 is 0. The van der Waals surface area contributed by atoms with Crippen molar-refractivity contribution in [1.82, 2.24) is 0 Å². The van der Waals surface area contributed by atoms with Crippen LogP contribution < -0.4 is 14.8 Å². The second-order valence-electron chi connectivity index (χ2n) is 6.10. The van der Waals surface area contributed by atoms with Crippen LogP contribution in [0, 0.1) is 12.8 Å². The van der Waals surface area contributed by atoms with E-state index in [2.05, 4.69) is 10.0 Å². The number of benzene rings is 2. The minimum atomic E-state index is -3.63. The summed E-state index contributed by atoms with van der Waals surface area (Å²) in [6.07, 6.45) is 0. The Morgan fingerprint density at radius 3 is 2.19 bits per heavy atom. The maximum absolute atomic E-state index is 12.3. The lowest BCUT2D eigenvalue weighted by Crippen LogP contribution is -2.29. The average molecular weight is 376 g/mol. The zero-order valence-electron chi connectivity index (χ0n) is 15.2. The lowest BCUT2D eigenvalue weighted by atomic mass is 10.2. The van der Waals surface area contributed by atoms with E-state index in [1.807, 2.05) is 26.0 Å². The molecule has 2 rings (SSSR count). The highest BCUT2D eigenvalue weighted by molar-refractivity contribution is 7.92. The Kier molecular flexibility index (Phi) is 6.63. The molecule has 7 heteroatoms. The predicted molar refractivity (Wildman–Crippen MR) is 104 cm³/mol. The van der Waals surface area contributed by atoms with Crippen LogP contribution >= 0.6 is 0 Å². The van der Waals surface area contributed by atoms with Crippen LogP contribution in [0.1, 0.15) is 19.4 Å². The molecule has 0 bridgehead atoms. The van der Waals surface area contributed by atoms with Gasteiger partial charge in [0.05, 0.1) is 18.3 Å². The molecule has 0 spiro atoms. The first-order chi connectivity index (χ1) is 12.3. The van der Waals surface area contributed by atoms with Crippen LogP contribution in [0.2, 0.25) is 0 Å². The van der Waals surface area contributed by atoms with Gasteiger partial charge in [-0.2, -0.15) is 0 Å². The summed E-state index contributed by atoms with van der Waals surface area (Å²) in [4.78, 5) is 12.3. The molecule has 1 amide bonds. The first-order valence-electron chi connectivity index (χ1n) is 8.40. The summed E-state index contributed by atoms with van der Waals surface area (Å²) in [6, 6.07) is 14.0. The average Bonchev–Trinajstić information content (AvgIpc) is 2.58. The minimum absolute atomic E-state index is 0.302. The van der Waals surface area contributed by atoms with Crippen molar-refractivity contribution in [2.24, 2.45) is 5.92 Å². The fourth-order valence-electron chi connectivity index (χ4n) is 2.31. The monoisotopic (exact) mass is 376 g/mol. The first-order valence-corrected chi connectivity index (χ1v) is 10.0. The third-order valence-corrected chi connectivity index (χ3v) is 5.16. The number of ether oxygens (including phenoxy) is 1. The summed E-state index contributed by atoms with van der Waals surface area (Å²) in [6.45, 7) is 5.96. The minimum Gasteiger partial charge on any atom is -0.494 e. The molecule has 140 valence electrons. The van der Waals surface area contributed by atoms with Gasteiger partial charge in [0.15, 0.2) is 0 Å². The Bertz CT molecular complexity index is 831.